The molecule has 0 aliphatic carbocycles. The van der Waals surface area contributed by atoms with Crippen LogP contribution in [0.15, 0.2) is 36.4 Å². The lowest BCUT2D eigenvalue weighted by molar-refractivity contribution is 0.173. The van der Waals surface area contributed by atoms with Crippen LogP contribution in [-0.4, -0.2) is 26.7 Å². The molecule has 6 nitrogen and oxygen atoms in total. The first-order chi connectivity index (χ1) is 12.6. The Bertz CT molecular complexity index is 790. The second-order valence-electron chi connectivity index (χ2n) is 6.84. The normalized spacial score (nSPS) is 14.5. The molecule has 0 saturated carbocycles. The monoisotopic (exact) mass is 357 g/mol. The number of nitrogens with one attached hydrogen (secondary N) is 1. The van der Waals surface area contributed by atoms with Crippen LogP contribution in [-0.2, 0) is 5.54 Å². The van der Waals surface area contributed by atoms with Crippen molar-refractivity contribution in [2.24, 2.45) is 0 Å². The predicted molar refractivity (Wildman–Crippen MR) is 96.3 cm³/mol. The second-order valence-corrected chi connectivity index (χ2v) is 6.84. The van der Waals surface area contributed by atoms with Crippen molar-refractivity contribution in [3.63, 3.8) is 0 Å². The maximum absolute atomic E-state index is 5.80. The number of benzene rings is 2. The van der Waals surface area contributed by atoms with Gasteiger partial charge in [-0.2, -0.15) is 0 Å². The highest BCUT2D eigenvalue weighted by atomic mass is 16.7. The fourth-order valence-electron chi connectivity index (χ4n) is 3.02. The summed E-state index contributed by atoms with van der Waals surface area (Å²) in [7, 11) is 0. The third kappa shape index (κ3) is 3.51. The molecule has 0 fully saturated rings. The highest BCUT2D eigenvalue weighted by Crippen LogP contribution is 2.36. The first-order valence-corrected chi connectivity index (χ1v) is 8.79. The zero-order chi connectivity index (χ0) is 18.0. The topological polar surface area (TPSA) is 58.2 Å². The van der Waals surface area contributed by atoms with E-state index in [0.717, 1.165) is 41.7 Å². The molecule has 2 heterocycles. The van der Waals surface area contributed by atoms with Gasteiger partial charge in [-0.1, -0.05) is 6.07 Å². The van der Waals surface area contributed by atoms with E-state index in [1.54, 1.807) is 0 Å². The molecule has 4 rings (SSSR count). The van der Waals surface area contributed by atoms with Gasteiger partial charge in [0.25, 0.3) is 0 Å². The fourth-order valence-corrected chi connectivity index (χ4v) is 3.02. The van der Waals surface area contributed by atoms with Crippen molar-refractivity contribution in [1.82, 2.24) is 5.32 Å². The third-order valence-corrected chi connectivity index (χ3v) is 4.60. The number of rotatable bonds is 7. The van der Waals surface area contributed by atoms with E-state index in [2.05, 4.69) is 25.2 Å². The molecule has 0 atom stereocenters. The predicted octanol–water partition coefficient (Wildman–Crippen LogP) is 3.44. The van der Waals surface area contributed by atoms with Crippen molar-refractivity contribution < 1.29 is 23.7 Å². The fraction of sp³-hybridized carbons (Fsp3) is 0.400. The van der Waals surface area contributed by atoms with Crippen molar-refractivity contribution in [2.75, 3.05) is 26.7 Å². The molecule has 0 spiro atoms. The summed E-state index contributed by atoms with van der Waals surface area (Å²) >= 11 is 0. The Balaban J connectivity index is 1.25. The van der Waals surface area contributed by atoms with Crippen LogP contribution in [0.25, 0.3) is 0 Å². The molecule has 2 aliphatic rings. The Morgan fingerprint density at radius 2 is 1.54 bits per heavy atom. The summed E-state index contributed by atoms with van der Waals surface area (Å²) < 4.78 is 27.3. The summed E-state index contributed by atoms with van der Waals surface area (Å²) in [4.78, 5) is 0. The zero-order valence-corrected chi connectivity index (χ0v) is 15.0. The molecule has 0 radical (unpaired) electrons. The Labute approximate surface area is 153 Å². The molecule has 0 bridgehead atoms. The molecule has 6 heteroatoms. The van der Waals surface area contributed by atoms with Crippen LogP contribution in [0.1, 0.15) is 25.8 Å². The van der Waals surface area contributed by atoms with Gasteiger partial charge in [0.2, 0.25) is 13.6 Å². The van der Waals surface area contributed by atoms with Gasteiger partial charge in [0.1, 0.15) is 5.75 Å². The number of fused-ring (bicyclic) bond motifs is 2. The minimum atomic E-state index is -0.167. The van der Waals surface area contributed by atoms with E-state index in [9.17, 15) is 0 Å². The molecule has 2 aromatic rings. The van der Waals surface area contributed by atoms with Crippen molar-refractivity contribution in [3.05, 3.63) is 42.0 Å². The van der Waals surface area contributed by atoms with E-state index in [-0.39, 0.29) is 12.3 Å². The van der Waals surface area contributed by atoms with Crippen LogP contribution in [0.4, 0.5) is 0 Å². The molecule has 0 saturated heterocycles. The van der Waals surface area contributed by atoms with E-state index in [4.69, 9.17) is 23.7 Å². The maximum Gasteiger partial charge on any atom is 0.231 e. The standard InChI is InChI=1S/C20H23NO5/c1-20(2,14-4-6-16-18(10-14)25-12-23-16)21-8-3-9-22-15-5-7-17-19(11-15)26-13-24-17/h4-7,10-11,21H,3,8-9,12-13H2,1-2H3. The van der Waals surface area contributed by atoms with Gasteiger partial charge < -0.3 is 29.0 Å². The van der Waals surface area contributed by atoms with E-state index in [1.807, 2.05) is 30.3 Å². The van der Waals surface area contributed by atoms with Gasteiger partial charge >= 0.3 is 0 Å². The van der Waals surface area contributed by atoms with Gasteiger partial charge in [0.15, 0.2) is 23.0 Å². The van der Waals surface area contributed by atoms with Crippen molar-refractivity contribution in [3.8, 4) is 28.7 Å². The quantitative estimate of drug-likeness (QED) is 0.766. The average Bonchev–Trinajstić information content (AvgIpc) is 3.29. The summed E-state index contributed by atoms with van der Waals surface area (Å²) in [6.45, 7) is 6.35. The third-order valence-electron chi connectivity index (χ3n) is 4.60. The highest BCUT2D eigenvalue weighted by molar-refractivity contribution is 5.47. The average molecular weight is 357 g/mol. The summed E-state index contributed by atoms with van der Waals surface area (Å²) in [5.41, 5.74) is 0.998. The molecular weight excluding hydrogens is 334 g/mol. The molecular formula is C20H23NO5. The van der Waals surface area contributed by atoms with Crippen molar-refractivity contribution >= 4 is 0 Å². The first kappa shape index (κ1) is 16.8. The maximum atomic E-state index is 5.80. The van der Waals surface area contributed by atoms with Gasteiger partial charge in [0, 0.05) is 11.6 Å². The van der Waals surface area contributed by atoms with E-state index in [1.165, 1.54) is 5.56 Å². The van der Waals surface area contributed by atoms with Gasteiger partial charge in [-0.25, -0.2) is 0 Å². The molecule has 0 amide bonds. The summed E-state index contributed by atoms with van der Waals surface area (Å²) in [5.74, 6) is 3.92. The Kier molecular flexibility index (Phi) is 4.51. The Morgan fingerprint density at radius 1 is 0.885 bits per heavy atom. The number of hydrogen-bond donors (Lipinski definition) is 1. The Hall–Kier alpha value is -2.60. The molecule has 138 valence electrons. The Morgan fingerprint density at radius 3 is 2.31 bits per heavy atom. The minimum Gasteiger partial charge on any atom is -0.493 e. The second kappa shape index (κ2) is 6.96. The van der Waals surface area contributed by atoms with Gasteiger partial charge in [-0.3, -0.25) is 0 Å². The van der Waals surface area contributed by atoms with E-state index < -0.39 is 0 Å². The van der Waals surface area contributed by atoms with Gasteiger partial charge in [-0.15, -0.1) is 0 Å². The molecule has 0 aromatic heterocycles. The minimum absolute atomic E-state index is 0.167. The molecule has 26 heavy (non-hydrogen) atoms. The van der Waals surface area contributed by atoms with Crippen LogP contribution in [0, 0.1) is 0 Å². The number of ether oxygens (including phenoxy) is 5. The zero-order valence-electron chi connectivity index (χ0n) is 15.0. The van der Waals surface area contributed by atoms with Crippen LogP contribution in [0.5, 0.6) is 28.7 Å². The van der Waals surface area contributed by atoms with Gasteiger partial charge in [0.05, 0.1) is 6.61 Å². The van der Waals surface area contributed by atoms with Crippen molar-refractivity contribution in [2.45, 2.75) is 25.8 Å². The molecule has 2 aliphatic heterocycles. The summed E-state index contributed by atoms with van der Waals surface area (Å²) in [6, 6.07) is 11.7. The SMILES string of the molecule is CC(C)(NCCCOc1ccc2c(c1)OCO2)c1ccc2c(c1)OCO2. The van der Waals surface area contributed by atoms with Gasteiger partial charge in [-0.05, 0) is 56.6 Å². The van der Waals surface area contributed by atoms with Crippen LogP contribution in [0.2, 0.25) is 0 Å². The van der Waals surface area contributed by atoms with Crippen LogP contribution < -0.4 is 29.0 Å². The first-order valence-electron chi connectivity index (χ1n) is 8.79. The van der Waals surface area contributed by atoms with Crippen LogP contribution in [0.3, 0.4) is 0 Å². The van der Waals surface area contributed by atoms with E-state index >= 15 is 0 Å². The van der Waals surface area contributed by atoms with Crippen molar-refractivity contribution in [1.29, 1.82) is 0 Å². The molecule has 2 aromatic carbocycles. The summed E-state index contributed by atoms with van der Waals surface area (Å²) in [5, 5.41) is 3.57. The van der Waals surface area contributed by atoms with Crippen LogP contribution >= 0.6 is 0 Å². The lowest BCUT2D eigenvalue weighted by atomic mass is 9.94. The van der Waals surface area contributed by atoms with E-state index in [0.29, 0.717) is 13.4 Å². The smallest absolute Gasteiger partial charge is 0.231 e. The largest absolute Gasteiger partial charge is 0.493 e. The molecule has 1 N–H and O–H groups in total. The number of hydrogen-bond acceptors (Lipinski definition) is 6. The highest BCUT2D eigenvalue weighted by Gasteiger charge is 2.23. The molecule has 0 unspecified atom stereocenters. The summed E-state index contributed by atoms with van der Waals surface area (Å²) in [6.07, 6.45) is 0.891. The lowest BCUT2D eigenvalue weighted by Crippen LogP contribution is -2.37. The lowest BCUT2D eigenvalue weighted by Gasteiger charge is -2.27.